The molecule has 128 valence electrons. The van der Waals surface area contributed by atoms with Crippen molar-refractivity contribution >= 4 is 11.8 Å². The molecule has 0 N–H and O–H groups in total. The molecule has 6 nitrogen and oxygen atoms in total. The number of nitrogens with zero attached hydrogens (tertiary/aromatic N) is 3. The molecule has 0 radical (unpaired) electrons. The van der Waals surface area contributed by atoms with E-state index in [-0.39, 0.29) is 23.6 Å². The van der Waals surface area contributed by atoms with E-state index >= 15 is 0 Å². The molecule has 2 heterocycles. The molecule has 24 heavy (non-hydrogen) atoms. The minimum Gasteiger partial charge on any atom is -0.388 e. The van der Waals surface area contributed by atoms with Gasteiger partial charge in [0.05, 0.1) is 12.1 Å². The van der Waals surface area contributed by atoms with Gasteiger partial charge in [0.2, 0.25) is 11.8 Å². The average molecular weight is 341 g/mol. The molecule has 2 amide bonds. The topological polar surface area (TPSA) is 62.7 Å². The van der Waals surface area contributed by atoms with Crippen molar-refractivity contribution in [3.05, 3.63) is 36.5 Å². The summed E-state index contributed by atoms with van der Waals surface area (Å²) < 4.78 is 40.5. The lowest BCUT2D eigenvalue weighted by Gasteiger charge is -2.33. The average Bonchev–Trinajstić information content (AvgIpc) is 3.31. The molecule has 3 rings (SSSR count). The van der Waals surface area contributed by atoms with Crippen LogP contribution < -0.4 is 4.74 Å². The van der Waals surface area contributed by atoms with Crippen LogP contribution >= 0.6 is 0 Å². The van der Waals surface area contributed by atoms with Crippen LogP contribution in [0.25, 0.3) is 0 Å². The van der Waals surface area contributed by atoms with Crippen LogP contribution in [0.5, 0.6) is 5.88 Å². The number of piperazine rings is 1. The number of alkyl halides is 3. The lowest BCUT2D eigenvalue weighted by molar-refractivity contribution is -0.276. The summed E-state index contributed by atoms with van der Waals surface area (Å²) in [4.78, 5) is 30.9. The van der Waals surface area contributed by atoms with Gasteiger partial charge in [0.1, 0.15) is 0 Å². The van der Waals surface area contributed by atoms with Crippen LogP contribution in [0.15, 0.2) is 31.0 Å². The SMILES string of the molecule is C=CC(=O)N1CCN(C(=O)c2ccnc(OC(F)(F)F)c2)C2CC21. The van der Waals surface area contributed by atoms with Crippen LogP contribution in [0.1, 0.15) is 16.8 Å². The number of aromatic nitrogens is 1. The van der Waals surface area contributed by atoms with Gasteiger partial charge in [-0.05, 0) is 18.6 Å². The van der Waals surface area contributed by atoms with E-state index in [4.69, 9.17) is 0 Å². The maximum atomic E-state index is 12.5. The smallest absolute Gasteiger partial charge is 0.388 e. The number of hydrogen-bond donors (Lipinski definition) is 0. The number of pyridine rings is 1. The summed E-state index contributed by atoms with van der Waals surface area (Å²) in [6, 6.07) is 2.13. The highest BCUT2D eigenvalue weighted by molar-refractivity contribution is 5.95. The Balaban J connectivity index is 1.71. The Hall–Kier alpha value is -2.58. The standard InChI is InChI=1S/C15H14F3N3O3/c1-2-13(22)20-5-6-21(11-8-10(11)20)14(23)9-3-4-19-12(7-9)24-15(16,17)18/h2-4,7,10-11H,1,5-6,8H2. The highest BCUT2D eigenvalue weighted by Crippen LogP contribution is 2.37. The summed E-state index contributed by atoms with van der Waals surface area (Å²) in [5, 5.41) is 0. The summed E-state index contributed by atoms with van der Waals surface area (Å²) in [5.41, 5.74) is 0.0680. The van der Waals surface area contributed by atoms with Crippen molar-refractivity contribution in [3.63, 3.8) is 0 Å². The van der Waals surface area contributed by atoms with Crippen LogP contribution in [-0.4, -0.2) is 58.1 Å². The van der Waals surface area contributed by atoms with E-state index < -0.39 is 18.1 Å². The van der Waals surface area contributed by atoms with E-state index in [1.54, 1.807) is 9.80 Å². The number of halogens is 3. The van der Waals surface area contributed by atoms with Crippen molar-refractivity contribution in [1.29, 1.82) is 0 Å². The van der Waals surface area contributed by atoms with Gasteiger partial charge in [-0.2, -0.15) is 0 Å². The second-order valence-electron chi connectivity index (χ2n) is 5.54. The Kier molecular flexibility index (Phi) is 3.94. The van der Waals surface area contributed by atoms with Gasteiger partial charge in [0, 0.05) is 30.9 Å². The number of hydrogen-bond acceptors (Lipinski definition) is 4. The van der Waals surface area contributed by atoms with Gasteiger partial charge in [-0.1, -0.05) is 6.58 Å². The molecule has 2 aliphatic rings. The van der Waals surface area contributed by atoms with Crippen molar-refractivity contribution in [1.82, 2.24) is 14.8 Å². The molecule has 1 saturated carbocycles. The fourth-order valence-corrected chi connectivity index (χ4v) is 2.91. The summed E-state index contributed by atoms with van der Waals surface area (Å²) in [5.74, 6) is -1.26. The molecule has 2 fully saturated rings. The van der Waals surface area contributed by atoms with E-state index in [1.165, 1.54) is 12.1 Å². The van der Waals surface area contributed by atoms with E-state index in [2.05, 4.69) is 16.3 Å². The predicted molar refractivity (Wildman–Crippen MR) is 76.1 cm³/mol. The number of carbonyl (C=O) groups excluding carboxylic acids is 2. The van der Waals surface area contributed by atoms with Gasteiger partial charge < -0.3 is 14.5 Å². The van der Waals surface area contributed by atoms with E-state index in [9.17, 15) is 22.8 Å². The Morgan fingerprint density at radius 1 is 1.29 bits per heavy atom. The first-order chi connectivity index (χ1) is 11.3. The van der Waals surface area contributed by atoms with Crippen LogP contribution in [0.4, 0.5) is 13.2 Å². The van der Waals surface area contributed by atoms with Crippen molar-refractivity contribution in [2.75, 3.05) is 13.1 Å². The Labute approximate surface area is 135 Å². The van der Waals surface area contributed by atoms with Crippen LogP contribution in [0, 0.1) is 0 Å². The molecule has 0 bridgehead atoms. The van der Waals surface area contributed by atoms with Crippen molar-refractivity contribution in [3.8, 4) is 5.88 Å². The van der Waals surface area contributed by atoms with Crippen molar-refractivity contribution < 1.29 is 27.5 Å². The van der Waals surface area contributed by atoms with Gasteiger partial charge in [0.25, 0.3) is 5.91 Å². The third-order valence-electron chi connectivity index (χ3n) is 4.03. The summed E-state index contributed by atoms with van der Waals surface area (Å²) >= 11 is 0. The normalized spacial score (nSPS) is 22.6. The van der Waals surface area contributed by atoms with Gasteiger partial charge in [-0.15, -0.1) is 13.2 Å². The first-order valence-corrected chi connectivity index (χ1v) is 7.26. The molecule has 1 aromatic rings. The van der Waals surface area contributed by atoms with Gasteiger partial charge in [0.15, 0.2) is 0 Å². The highest BCUT2D eigenvalue weighted by Gasteiger charge is 2.51. The van der Waals surface area contributed by atoms with Crippen LogP contribution in [-0.2, 0) is 4.79 Å². The molecule has 1 aliphatic heterocycles. The lowest BCUT2D eigenvalue weighted by Crippen LogP contribution is -2.50. The highest BCUT2D eigenvalue weighted by atomic mass is 19.4. The molecule has 1 aliphatic carbocycles. The number of carbonyl (C=O) groups is 2. The summed E-state index contributed by atoms with van der Waals surface area (Å²) in [6.07, 6.45) is -1.89. The predicted octanol–water partition coefficient (Wildman–Crippen LogP) is 1.59. The van der Waals surface area contributed by atoms with Crippen LogP contribution in [0.3, 0.4) is 0 Å². The zero-order valence-corrected chi connectivity index (χ0v) is 12.5. The second kappa shape index (κ2) is 5.81. The number of fused-ring (bicyclic) bond motifs is 1. The minimum atomic E-state index is -4.87. The maximum absolute atomic E-state index is 12.5. The molecule has 2 atom stereocenters. The van der Waals surface area contributed by atoms with E-state index in [0.29, 0.717) is 19.5 Å². The van der Waals surface area contributed by atoms with E-state index in [1.807, 2.05) is 0 Å². The molecule has 0 aromatic carbocycles. The molecular weight excluding hydrogens is 327 g/mol. The van der Waals surface area contributed by atoms with Crippen molar-refractivity contribution in [2.24, 2.45) is 0 Å². The number of ether oxygens (including phenoxy) is 1. The van der Waals surface area contributed by atoms with Crippen LogP contribution in [0.2, 0.25) is 0 Å². The molecule has 9 heteroatoms. The zero-order chi connectivity index (χ0) is 17.5. The lowest BCUT2D eigenvalue weighted by atomic mass is 10.2. The largest absolute Gasteiger partial charge is 0.574 e. The monoisotopic (exact) mass is 341 g/mol. The molecule has 2 unspecified atom stereocenters. The molecule has 0 spiro atoms. The minimum absolute atomic E-state index is 0.0547. The Morgan fingerprint density at radius 2 is 1.96 bits per heavy atom. The zero-order valence-electron chi connectivity index (χ0n) is 12.5. The molecular formula is C15H14F3N3O3. The second-order valence-corrected chi connectivity index (χ2v) is 5.54. The number of rotatable bonds is 3. The van der Waals surface area contributed by atoms with Crippen molar-refractivity contribution in [2.45, 2.75) is 24.9 Å². The van der Waals surface area contributed by atoms with E-state index in [0.717, 1.165) is 12.3 Å². The van der Waals surface area contributed by atoms with Gasteiger partial charge >= 0.3 is 6.36 Å². The quantitative estimate of drug-likeness (QED) is 0.784. The Morgan fingerprint density at radius 3 is 2.62 bits per heavy atom. The fourth-order valence-electron chi connectivity index (χ4n) is 2.91. The molecule has 1 aromatic heterocycles. The molecule has 1 saturated heterocycles. The third kappa shape index (κ3) is 3.19. The first-order valence-electron chi connectivity index (χ1n) is 7.26. The summed E-state index contributed by atoms with van der Waals surface area (Å²) in [6.45, 7) is 4.13. The maximum Gasteiger partial charge on any atom is 0.574 e. The summed E-state index contributed by atoms with van der Waals surface area (Å²) in [7, 11) is 0. The van der Waals surface area contributed by atoms with Gasteiger partial charge in [-0.25, -0.2) is 4.98 Å². The third-order valence-corrected chi connectivity index (χ3v) is 4.03. The van der Waals surface area contributed by atoms with Gasteiger partial charge in [-0.3, -0.25) is 9.59 Å². The fraction of sp³-hybridized carbons (Fsp3) is 0.400. The Bertz CT molecular complexity index is 692. The first kappa shape index (κ1) is 16.3. The number of amides is 2.